The first-order valence-corrected chi connectivity index (χ1v) is 7.62. The van der Waals surface area contributed by atoms with Gasteiger partial charge in [-0.05, 0) is 43.3 Å². The van der Waals surface area contributed by atoms with Crippen molar-refractivity contribution in [3.63, 3.8) is 0 Å². The van der Waals surface area contributed by atoms with Gasteiger partial charge in [-0.25, -0.2) is 14.4 Å². The number of aromatic nitrogens is 2. The van der Waals surface area contributed by atoms with Crippen LogP contribution in [0.4, 0.5) is 40.6 Å². The number of anilines is 4. The Morgan fingerprint density at radius 3 is 1.96 bits per heavy atom. The summed E-state index contributed by atoms with van der Waals surface area (Å²) in [5, 5.41) is 5.77. The molecule has 0 radical (unpaired) electrons. The average Bonchev–Trinajstić information content (AvgIpc) is 2.53. The number of rotatable bonds is 4. The van der Waals surface area contributed by atoms with Gasteiger partial charge in [-0.3, -0.25) is 0 Å². The first-order valence-electron chi connectivity index (χ1n) is 7.62. The van der Waals surface area contributed by atoms with E-state index in [1.807, 2.05) is 0 Å². The predicted octanol–water partition coefficient (Wildman–Crippen LogP) is 5.43. The third-order valence-electron chi connectivity index (χ3n) is 3.40. The molecule has 0 aliphatic heterocycles. The molecule has 2 aromatic carbocycles. The van der Waals surface area contributed by atoms with Gasteiger partial charge in [-0.15, -0.1) is 0 Å². The molecular formula is C18H14F4N4. The lowest BCUT2D eigenvalue weighted by atomic mass is 10.2. The van der Waals surface area contributed by atoms with Crippen molar-refractivity contribution in [3.8, 4) is 0 Å². The molecule has 0 fully saturated rings. The summed E-state index contributed by atoms with van der Waals surface area (Å²) in [6.45, 7) is 1.65. The maximum absolute atomic E-state index is 13.3. The van der Waals surface area contributed by atoms with Gasteiger partial charge in [0.1, 0.15) is 23.3 Å². The second kappa shape index (κ2) is 6.99. The molecule has 3 aromatic rings. The first-order chi connectivity index (χ1) is 12.3. The molecule has 1 aromatic heterocycles. The Morgan fingerprint density at radius 2 is 1.38 bits per heavy atom. The van der Waals surface area contributed by atoms with Crippen molar-refractivity contribution in [1.29, 1.82) is 0 Å². The Labute approximate surface area is 146 Å². The molecule has 3 rings (SSSR count). The Bertz CT molecular complexity index is 925. The maximum atomic E-state index is 13.3. The van der Waals surface area contributed by atoms with E-state index in [2.05, 4.69) is 20.6 Å². The van der Waals surface area contributed by atoms with Crippen molar-refractivity contribution in [2.75, 3.05) is 10.6 Å². The Hall–Kier alpha value is -3.16. The summed E-state index contributed by atoms with van der Waals surface area (Å²) >= 11 is 0. The lowest BCUT2D eigenvalue weighted by Gasteiger charge is -2.12. The largest absolute Gasteiger partial charge is 0.416 e. The fourth-order valence-corrected chi connectivity index (χ4v) is 2.33. The lowest BCUT2D eigenvalue weighted by molar-refractivity contribution is -0.137. The van der Waals surface area contributed by atoms with Crippen molar-refractivity contribution in [2.24, 2.45) is 0 Å². The number of hydrogen-bond donors (Lipinski definition) is 2. The van der Waals surface area contributed by atoms with Gasteiger partial charge < -0.3 is 10.6 Å². The minimum absolute atomic E-state index is 0.245. The Kier molecular flexibility index (Phi) is 4.75. The zero-order chi connectivity index (χ0) is 18.7. The minimum atomic E-state index is -4.43. The van der Waals surface area contributed by atoms with E-state index in [0.717, 1.165) is 12.1 Å². The summed E-state index contributed by atoms with van der Waals surface area (Å²) in [6, 6.07) is 12.2. The van der Waals surface area contributed by atoms with E-state index in [-0.39, 0.29) is 5.69 Å². The van der Waals surface area contributed by atoms with Crippen LogP contribution in [0.15, 0.2) is 54.6 Å². The van der Waals surface area contributed by atoms with E-state index < -0.39 is 17.6 Å². The van der Waals surface area contributed by atoms with Crippen LogP contribution >= 0.6 is 0 Å². The zero-order valence-corrected chi connectivity index (χ0v) is 13.6. The quantitative estimate of drug-likeness (QED) is 0.608. The summed E-state index contributed by atoms with van der Waals surface area (Å²) in [5.41, 5.74) is -0.0193. The monoisotopic (exact) mass is 362 g/mol. The molecule has 134 valence electrons. The number of benzene rings is 2. The summed E-state index contributed by atoms with van der Waals surface area (Å²) < 4.78 is 51.7. The molecule has 4 nitrogen and oxygen atoms in total. The predicted molar refractivity (Wildman–Crippen MR) is 91.2 cm³/mol. The van der Waals surface area contributed by atoms with Gasteiger partial charge in [0.15, 0.2) is 0 Å². The van der Waals surface area contributed by atoms with Crippen LogP contribution in [0, 0.1) is 12.7 Å². The maximum Gasteiger partial charge on any atom is 0.416 e. The van der Waals surface area contributed by atoms with Gasteiger partial charge in [-0.1, -0.05) is 12.1 Å². The highest BCUT2D eigenvalue weighted by molar-refractivity contribution is 5.63. The van der Waals surface area contributed by atoms with Crippen LogP contribution in [-0.4, -0.2) is 9.97 Å². The molecule has 0 unspecified atom stereocenters. The van der Waals surface area contributed by atoms with Crippen LogP contribution in [0.3, 0.4) is 0 Å². The molecule has 2 N–H and O–H groups in total. The number of hydrogen-bond acceptors (Lipinski definition) is 4. The van der Waals surface area contributed by atoms with Gasteiger partial charge in [-0.2, -0.15) is 13.2 Å². The minimum Gasteiger partial charge on any atom is -0.340 e. The molecule has 1 heterocycles. The molecule has 0 bridgehead atoms. The number of aryl methyl sites for hydroxylation is 1. The Balaban J connectivity index is 1.84. The number of alkyl halides is 3. The molecule has 0 atom stereocenters. The molecule has 26 heavy (non-hydrogen) atoms. The molecule has 0 spiro atoms. The smallest absolute Gasteiger partial charge is 0.340 e. The number of halogens is 4. The van der Waals surface area contributed by atoms with E-state index in [1.165, 1.54) is 30.3 Å². The fourth-order valence-electron chi connectivity index (χ4n) is 2.33. The standard InChI is InChI=1S/C18H14F4N4/c1-11-23-16(25-14-6-2-4-12(8-14)18(20,21)22)10-17(24-11)26-15-7-3-5-13(19)9-15/h2-10H,1H3,(H2,23,24,25,26). The summed E-state index contributed by atoms with van der Waals surface area (Å²) in [7, 11) is 0. The van der Waals surface area contributed by atoms with Crippen LogP contribution < -0.4 is 10.6 Å². The SMILES string of the molecule is Cc1nc(Nc2cccc(F)c2)cc(Nc2cccc(C(F)(F)F)c2)n1. The molecule has 0 saturated carbocycles. The number of nitrogens with zero attached hydrogens (tertiary/aromatic N) is 2. The molecule has 0 saturated heterocycles. The topological polar surface area (TPSA) is 49.8 Å². The highest BCUT2D eigenvalue weighted by Crippen LogP contribution is 2.31. The van der Waals surface area contributed by atoms with Gasteiger partial charge in [0, 0.05) is 17.4 Å². The summed E-state index contributed by atoms with van der Waals surface area (Å²) in [6.07, 6.45) is -4.43. The van der Waals surface area contributed by atoms with Crippen molar-refractivity contribution < 1.29 is 17.6 Å². The van der Waals surface area contributed by atoms with Crippen LogP contribution in [0.2, 0.25) is 0 Å². The normalized spacial score (nSPS) is 11.3. The molecule has 0 aliphatic rings. The number of nitrogens with one attached hydrogen (secondary N) is 2. The van der Waals surface area contributed by atoms with Crippen molar-refractivity contribution in [3.05, 3.63) is 71.8 Å². The van der Waals surface area contributed by atoms with Crippen LogP contribution in [-0.2, 0) is 6.18 Å². The van der Waals surface area contributed by atoms with Crippen molar-refractivity contribution in [2.45, 2.75) is 13.1 Å². The third-order valence-corrected chi connectivity index (χ3v) is 3.40. The van der Waals surface area contributed by atoms with Gasteiger partial charge >= 0.3 is 6.18 Å². The second-order valence-electron chi connectivity index (χ2n) is 5.52. The van der Waals surface area contributed by atoms with E-state index in [0.29, 0.717) is 23.1 Å². The molecule has 8 heteroatoms. The Morgan fingerprint density at radius 1 is 0.808 bits per heavy atom. The van der Waals surface area contributed by atoms with Gasteiger partial charge in [0.05, 0.1) is 5.56 Å². The third kappa shape index (κ3) is 4.47. The zero-order valence-electron chi connectivity index (χ0n) is 13.6. The van der Waals surface area contributed by atoms with Crippen molar-refractivity contribution >= 4 is 23.0 Å². The average molecular weight is 362 g/mol. The fraction of sp³-hybridized carbons (Fsp3) is 0.111. The van der Waals surface area contributed by atoms with Crippen LogP contribution in [0.1, 0.15) is 11.4 Å². The highest BCUT2D eigenvalue weighted by Gasteiger charge is 2.30. The van der Waals surface area contributed by atoms with Gasteiger partial charge in [0.25, 0.3) is 0 Å². The van der Waals surface area contributed by atoms with E-state index in [1.54, 1.807) is 19.1 Å². The summed E-state index contributed by atoms with van der Waals surface area (Å²) in [4.78, 5) is 8.36. The van der Waals surface area contributed by atoms with E-state index in [4.69, 9.17) is 0 Å². The van der Waals surface area contributed by atoms with E-state index >= 15 is 0 Å². The van der Waals surface area contributed by atoms with E-state index in [9.17, 15) is 17.6 Å². The second-order valence-corrected chi connectivity index (χ2v) is 5.52. The molecule has 0 aliphatic carbocycles. The highest BCUT2D eigenvalue weighted by atomic mass is 19.4. The van der Waals surface area contributed by atoms with Crippen LogP contribution in [0.25, 0.3) is 0 Å². The molecular weight excluding hydrogens is 348 g/mol. The van der Waals surface area contributed by atoms with Crippen LogP contribution in [0.5, 0.6) is 0 Å². The first kappa shape index (κ1) is 17.7. The van der Waals surface area contributed by atoms with Gasteiger partial charge in [0.2, 0.25) is 0 Å². The van der Waals surface area contributed by atoms with Crippen molar-refractivity contribution in [1.82, 2.24) is 9.97 Å². The summed E-state index contributed by atoms with van der Waals surface area (Å²) in [5.74, 6) is 0.706. The lowest BCUT2D eigenvalue weighted by Crippen LogP contribution is -2.06. The molecule has 0 amide bonds.